The van der Waals surface area contributed by atoms with Gasteiger partial charge in [-0.25, -0.2) is 4.79 Å². The molecule has 0 aliphatic heterocycles. The molecule has 0 saturated heterocycles. The van der Waals surface area contributed by atoms with E-state index in [2.05, 4.69) is 21.9 Å². The van der Waals surface area contributed by atoms with Crippen LogP contribution in [0.4, 0.5) is 0 Å². The second-order valence-corrected chi connectivity index (χ2v) is 5.65. The molecule has 0 aliphatic rings. The zero-order chi connectivity index (χ0) is 19.8. The van der Waals surface area contributed by atoms with Gasteiger partial charge in [-0.2, -0.15) is 0 Å². The molecule has 8 nitrogen and oxygen atoms in total. The van der Waals surface area contributed by atoms with Gasteiger partial charge in [0.2, 0.25) is 0 Å². The van der Waals surface area contributed by atoms with Crippen molar-refractivity contribution in [1.82, 2.24) is 10.6 Å². The maximum absolute atomic E-state index is 12.3. The largest absolute Gasteiger partial charge is 0.466 e. The number of aliphatic hydroxyl groups excluding tert-OH is 1. The van der Waals surface area contributed by atoms with E-state index in [4.69, 9.17) is 15.6 Å². The van der Waals surface area contributed by atoms with Crippen molar-refractivity contribution in [3.8, 4) is 0 Å². The minimum atomic E-state index is -0.560. The summed E-state index contributed by atoms with van der Waals surface area (Å²) in [5.41, 5.74) is 6.64. The summed E-state index contributed by atoms with van der Waals surface area (Å²) in [5, 5.41) is 14.5. The molecule has 0 aromatic heterocycles. The zero-order valence-corrected chi connectivity index (χ0v) is 15.6. The second kappa shape index (κ2) is 15.3. The van der Waals surface area contributed by atoms with E-state index in [1.54, 1.807) is 6.08 Å². The summed E-state index contributed by atoms with van der Waals surface area (Å²) in [6.45, 7) is 7.78. The molecule has 0 heterocycles. The van der Waals surface area contributed by atoms with Crippen molar-refractivity contribution in [2.45, 2.75) is 19.4 Å². The molecule has 5 N–H and O–H groups in total. The van der Waals surface area contributed by atoms with Gasteiger partial charge in [0.25, 0.3) is 5.91 Å². The highest BCUT2D eigenvalue weighted by molar-refractivity contribution is 5.98. The summed E-state index contributed by atoms with van der Waals surface area (Å²) in [7, 11) is 1.26. The Morgan fingerprint density at radius 1 is 1.27 bits per heavy atom. The quantitative estimate of drug-likeness (QED) is 0.143. The molecule has 0 aliphatic carbocycles. The smallest absolute Gasteiger partial charge is 0.330 e. The summed E-state index contributed by atoms with van der Waals surface area (Å²) in [5.74, 6) is -0.926. The number of hydrogen-bond acceptors (Lipinski definition) is 7. The number of carbonyl (C=O) groups is 2. The zero-order valence-electron chi connectivity index (χ0n) is 15.6. The van der Waals surface area contributed by atoms with E-state index in [1.165, 1.54) is 19.3 Å². The lowest BCUT2D eigenvalue weighted by Crippen LogP contribution is -2.29. The van der Waals surface area contributed by atoms with E-state index in [-0.39, 0.29) is 43.9 Å². The number of rotatable bonds is 14. The highest BCUT2D eigenvalue weighted by atomic mass is 16.5. The van der Waals surface area contributed by atoms with Gasteiger partial charge in [0.05, 0.1) is 26.9 Å². The predicted molar refractivity (Wildman–Crippen MR) is 100 cm³/mol. The lowest BCUT2D eigenvalue weighted by Gasteiger charge is -2.09. The van der Waals surface area contributed by atoms with Crippen molar-refractivity contribution in [3.05, 3.63) is 36.0 Å². The van der Waals surface area contributed by atoms with Gasteiger partial charge >= 0.3 is 5.97 Å². The third kappa shape index (κ3) is 13.3. The molecule has 8 heteroatoms. The molecular formula is C18H31N3O5. The van der Waals surface area contributed by atoms with E-state index in [0.29, 0.717) is 12.1 Å². The number of carbonyl (C=O) groups excluding carboxylic acids is 2. The van der Waals surface area contributed by atoms with Crippen LogP contribution in [0.1, 0.15) is 13.3 Å². The molecule has 1 atom stereocenters. The fourth-order valence-corrected chi connectivity index (χ4v) is 1.77. The summed E-state index contributed by atoms with van der Waals surface area (Å²) in [6.07, 6.45) is 4.98. The highest BCUT2D eigenvalue weighted by Crippen LogP contribution is 2.04. The fourth-order valence-electron chi connectivity index (χ4n) is 1.77. The van der Waals surface area contributed by atoms with Crippen LogP contribution in [-0.4, -0.2) is 69.6 Å². The molecule has 0 radical (unpaired) electrons. The molecule has 26 heavy (non-hydrogen) atoms. The number of methoxy groups -OCH3 is 1. The van der Waals surface area contributed by atoms with E-state index >= 15 is 0 Å². The molecule has 0 bridgehead atoms. The minimum Gasteiger partial charge on any atom is -0.466 e. The molecule has 0 aromatic rings. The van der Waals surface area contributed by atoms with Gasteiger partial charge in [0.15, 0.2) is 0 Å². The summed E-state index contributed by atoms with van der Waals surface area (Å²) >= 11 is 0. The van der Waals surface area contributed by atoms with Crippen LogP contribution in [0.3, 0.4) is 0 Å². The van der Waals surface area contributed by atoms with Gasteiger partial charge in [-0.15, -0.1) is 0 Å². The lowest BCUT2D eigenvalue weighted by molar-refractivity contribution is -0.134. The van der Waals surface area contributed by atoms with Crippen LogP contribution >= 0.6 is 0 Å². The van der Waals surface area contributed by atoms with E-state index in [9.17, 15) is 9.59 Å². The number of aliphatic hydroxyl groups is 1. The molecule has 0 saturated carbocycles. The van der Waals surface area contributed by atoms with Gasteiger partial charge in [-0.3, -0.25) is 4.79 Å². The van der Waals surface area contributed by atoms with E-state index < -0.39 is 5.97 Å². The Bertz CT molecular complexity index is 501. The van der Waals surface area contributed by atoms with Crippen LogP contribution in [0.2, 0.25) is 0 Å². The molecule has 0 spiro atoms. The van der Waals surface area contributed by atoms with Crippen molar-refractivity contribution in [1.29, 1.82) is 0 Å². The third-order valence-corrected chi connectivity index (χ3v) is 3.12. The number of hydrogen-bond donors (Lipinski definition) is 4. The van der Waals surface area contributed by atoms with Gasteiger partial charge in [-0.1, -0.05) is 6.58 Å². The summed E-state index contributed by atoms with van der Waals surface area (Å²) < 4.78 is 9.62. The minimum absolute atomic E-state index is 0.0727. The SMILES string of the molecule is C=C(C=C(C=CC(=O)OC)C(=O)NCCOCCO)CNCCC(C)N. The Kier molecular flexibility index (Phi) is 14.1. The first-order valence-electron chi connectivity index (χ1n) is 8.49. The number of nitrogens with two attached hydrogens (primary N) is 1. The van der Waals surface area contributed by atoms with E-state index in [0.717, 1.165) is 13.0 Å². The van der Waals surface area contributed by atoms with Crippen molar-refractivity contribution in [3.63, 3.8) is 0 Å². The van der Waals surface area contributed by atoms with Crippen LogP contribution < -0.4 is 16.4 Å². The van der Waals surface area contributed by atoms with E-state index in [1.807, 2.05) is 6.92 Å². The maximum Gasteiger partial charge on any atom is 0.330 e. The van der Waals surface area contributed by atoms with Gasteiger partial charge in [0, 0.05) is 30.8 Å². The molecule has 0 fully saturated rings. The first-order valence-corrected chi connectivity index (χ1v) is 8.49. The van der Waals surface area contributed by atoms with Crippen LogP contribution in [0.25, 0.3) is 0 Å². The number of amides is 1. The van der Waals surface area contributed by atoms with Crippen molar-refractivity contribution in [2.24, 2.45) is 5.73 Å². The van der Waals surface area contributed by atoms with Crippen LogP contribution in [0, 0.1) is 0 Å². The number of nitrogens with one attached hydrogen (secondary N) is 2. The molecule has 148 valence electrons. The normalized spacial score (nSPS) is 12.8. The Morgan fingerprint density at radius 2 is 2.00 bits per heavy atom. The molecule has 0 rings (SSSR count). The number of esters is 1. The Labute approximate surface area is 155 Å². The topological polar surface area (TPSA) is 123 Å². The van der Waals surface area contributed by atoms with Crippen LogP contribution in [0.5, 0.6) is 0 Å². The first-order chi connectivity index (χ1) is 12.4. The highest BCUT2D eigenvalue weighted by Gasteiger charge is 2.08. The Hall–Kier alpha value is -2.00. The molecular weight excluding hydrogens is 338 g/mol. The second-order valence-electron chi connectivity index (χ2n) is 5.65. The predicted octanol–water partition coefficient (Wildman–Crippen LogP) is -0.350. The van der Waals surface area contributed by atoms with Gasteiger partial charge in [0.1, 0.15) is 0 Å². The Balaban J connectivity index is 4.70. The molecule has 1 unspecified atom stereocenters. The monoisotopic (exact) mass is 369 g/mol. The van der Waals surface area contributed by atoms with Crippen molar-refractivity contribution in [2.75, 3.05) is 46.6 Å². The molecule has 1 amide bonds. The average molecular weight is 369 g/mol. The lowest BCUT2D eigenvalue weighted by atomic mass is 10.1. The van der Waals surface area contributed by atoms with Crippen molar-refractivity contribution < 1.29 is 24.2 Å². The van der Waals surface area contributed by atoms with Gasteiger partial charge in [-0.05, 0) is 37.6 Å². The third-order valence-electron chi connectivity index (χ3n) is 3.12. The Morgan fingerprint density at radius 3 is 2.62 bits per heavy atom. The van der Waals surface area contributed by atoms with Gasteiger partial charge < -0.3 is 30.9 Å². The van der Waals surface area contributed by atoms with Crippen molar-refractivity contribution >= 4 is 11.9 Å². The standard InChI is InChI=1S/C18H31N3O5/c1-14(13-20-7-6-15(2)19)12-16(4-5-17(23)25-3)18(24)21-8-10-26-11-9-22/h4-5,12,15,20,22H,1,6-11,13,19H2,2-3H3,(H,21,24). The number of ether oxygens (including phenoxy) is 2. The van der Waals surface area contributed by atoms with Crippen LogP contribution in [0.15, 0.2) is 36.0 Å². The summed E-state index contributed by atoms with van der Waals surface area (Å²) in [6, 6.07) is 0.115. The average Bonchev–Trinajstić information content (AvgIpc) is 2.61. The molecule has 0 aromatic carbocycles. The fraction of sp³-hybridized carbons (Fsp3) is 0.556. The first kappa shape index (κ1) is 24.0. The van der Waals surface area contributed by atoms with Crippen LogP contribution in [-0.2, 0) is 19.1 Å². The summed E-state index contributed by atoms with van der Waals surface area (Å²) in [4.78, 5) is 23.5. The maximum atomic E-state index is 12.3.